The Bertz CT molecular complexity index is 956. The van der Waals surface area contributed by atoms with E-state index < -0.39 is 18.3 Å². The van der Waals surface area contributed by atoms with Gasteiger partial charge in [0, 0.05) is 0 Å². The zero-order chi connectivity index (χ0) is 24.6. The number of ether oxygens (including phenoxy) is 2. The molecule has 0 N–H and O–H groups in total. The lowest BCUT2D eigenvalue weighted by molar-refractivity contribution is 0.129. The second-order valence-electron chi connectivity index (χ2n) is 10.0. The monoisotopic (exact) mass is 486 g/mol. The summed E-state index contributed by atoms with van der Waals surface area (Å²) in [5.41, 5.74) is 2.45. The van der Waals surface area contributed by atoms with E-state index in [0.29, 0.717) is 18.4 Å². The molecule has 5 heteroatoms. The predicted molar refractivity (Wildman–Crippen MR) is 135 cm³/mol. The van der Waals surface area contributed by atoms with Crippen molar-refractivity contribution in [2.75, 3.05) is 19.9 Å². The Balaban J connectivity index is 1.20. The third kappa shape index (κ3) is 6.62. The highest BCUT2D eigenvalue weighted by Crippen LogP contribution is 2.44. The van der Waals surface area contributed by atoms with Crippen molar-refractivity contribution in [2.45, 2.75) is 64.2 Å². The smallest absolute Gasteiger partial charge is 0.204 e. The number of hydrogen-bond acceptors (Lipinski definition) is 2. The average Bonchev–Trinajstić information content (AvgIpc) is 2.90. The number of alkyl halides is 1. The van der Waals surface area contributed by atoms with Crippen molar-refractivity contribution in [3.63, 3.8) is 0 Å². The molecule has 2 aliphatic carbocycles. The number of allylic oxidation sites excluding steroid dienone is 1. The second kappa shape index (κ2) is 12.5. The maximum absolute atomic E-state index is 14.3. The quantitative estimate of drug-likeness (QED) is 0.354. The fraction of sp³-hybridized carbons (Fsp3) is 0.533. The average molecular weight is 487 g/mol. The Kier molecular flexibility index (Phi) is 9.17. The molecule has 0 atom stereocenters. The first-order valence-electron chi connectivity index (χ1n) is 13.1. The fourth-order valence-electron chi connectivity index (χ4n) is 5.91. The predicted octanol–water partition coefficient (Wildman–Crippen LogP) is 8.51. The zero-order valence-corrected chi connectivity index (χ0v) is 20.7. The first-order valence-corrected chi connectivity index (χ1v) is 13.1. The van der Waals surface area contributed by atoms with Crippen LogP contribution >= 0.6 is 0 Å². The molecule has 190 valence electrons. The summed E-state index contributed by atoms with van der Waals surface area (Å²) in [6, 6.07) is 11.5. The molecule has 2 aromatic carbocycles. The minimum atomic E-state index is -0.978. The molecule has 2 nitrogen and oxygen atoms in total. The summed E-state index contributed by atoms with van der Waals surface area (Å²) in [6.45, 7) is 2.02. The van der Waals surface area contributed by atoms with Crippen LogP contribution in [0.5, 0.6) is 11.5 Å². The summed E-state index contributed by atoms with van der Waals surface area (Å²) in [6.07, 6.45) is 12.9. The molecular weight excluding hydrogens is 449 g/mol. The molecule has 0 aromatic heterocycles. The topological polar surface area (TPSA) is 18.5 Å². The van der Waals surface area contributed by atoms with Gasteiger partial charge in [-0.25, -0.2) is 4.39 Å². The van der Waals surface area contributed by atoms with Crippen molar-refractivity contribution in [3.05, 3.63) is 65.2 Å². The van der Waals surface area contributed by atoms with Crippen molar-refractivity contribution in [2.24, 2.45) is 17.8 Å². The highest BCUT2D eigenvalue weighted by molar-refractivity contribution is 5.50. The van der Waals surface area contributed by atoms with Crippen LogP contribution in [0.1, 0.15) is 75.3 Å². The molecule has 0 spiro atoms. The Morgan fingerprint density at radius 3 is 1.91 bits per heavy atom. The molecule has 4 rings (SSSR count). The van der Waals surface area contributed by atoms with Gasteiger partial charge in [-0.3, -0.25) is 0 Å². The molecule has 0 amide bonds. The fourth-order valence-corrected chi connectivity index (χ4v) is 5.91. The van der Waals surface area contributed by atoms with E-state index in [-0.39, 0.29) is 18.1 Å². The largest absolute Gasteiger partial charge is 0.491 e. The minimum absolute atomic E-state index is 0.0298. The Labute approximate surface area is 207 Å². The van der Waals surface area contributed by atoms with E-state index in [2.05, 4.69) is 24.3 Å². The van der Waals surface area contributed by atoms with Crippen LogP contribution < -0.4 is 9.47 Å². The van der Waals surface area contributed by atoms with Crippen LogP contribution in [0.2, 0.25) is 0 Å². The molecule has 2 saturated carbocycles. The van der Waals surface area contributed by atoms with Crippen LogP contribution in [0.3, 0.4) is 0 Å². The normalized spacial score (nSPS) is 25.0. The molecular formula is C30H37F3O2. The summed E-state index contributed by atoms with van der Waals surface area (Å²) in [5, 5.41) is 0. The lowest BCUT2D eigenvalue weighted by Crippen LogP contribution is -2.27. The van der Waals surface area contributed by atoms with E-state index in [4.69, 9.17) is 9.47 Å². The molecule has 0 unspecified atom stereocenters. The number of hydrogen-bond donors (Lipinski definition) is 0. The minimum Gasteiger partial charge on any atom is -0.491 e. The van der Waals surface area contributed by atoms with Gasteiger partial charge >= 0.3 is 0 Å². The molecule has 2 fully saturated rings. The molecule has 0 radical (unpaired) electrons. The molecule has 0 heterocycles. The maximum atomic E-state index is 14.3. The van der Waals surface area contributed by atoms with Crippen LogP contribution in [-0.4, -0.2) is 19.9 Å². The van der Waals surface area contributed by atoms with Gasteiger partial charge in [-0.1, -0.05) is 36.4 Å². The van der Waals surface area contributed by atoms with Crippen LogP contribution in [0.4, 0.5) is 13.2 Å². The van der Waals surface area contributed by atoms with Crippen LogP contribution in [0.25, 0.3) is 6.08 Å². The van der Waals surface area contributed by atoms with E-state index >= 15 is 0 Å². The maximum Gasteiger partial charge on any atom is 0.204 e. The summed E-state index contributed by atoms with van der Waals surface area (Å²) in [5.74, 6) is 0.521. The molecule has 2 aliphatic rings. The third-order valence-corrected chi connectivity index (χ3v) is 7.92. The standard InChI is InChI=1S/C30H37F3O2/c1-2-34-27-17-18-28(30(33)29(27)32)35-20-22-7-11-24(12-8-22)26-15-13-25(14-16-26)23-9-5-21(6-10-23)4-3-19-31/h3-6,9-10,17-18,22,24-26H,2,7-8,11-16,19-20H2,1H3/b4-3+. The Hall–Kier alpha value is -2.43. The Morgan fingerprint density at radius 2 is 1.34 bits per heavy atom. The number of halogens is 3. The van der Waals surface area contributed by atoms with Crippen LogP contribution in [0, 0.1) is 29.4 Å². The highest BCUT2D eigenvalue weighted by Gasteiger charge is 2.31. The van der Waals surface area contributed by atoms with Gasteiger partial charge in [0.1, 0.15) is 6.67 Å². The second-order valence-corrected chi connectivity index (χ2v) is 10.0. The molecule has 0 aliphatic heterocycles. The molecule has 2 aromatic rings. The first-order chi connectivity index (χ1) is 17.1. The van der Waals surface area contributed by atoms with Crippen LogP contribution in [0.15, 0.2) is 42.5 Å². The van der Waals surface area contributed by atoms with Gasteiger partial charge in [0.05, 0.1) is 13.2 Å². The van der Waals surface area contributed by atoms with Gasteiger partial charge < -0.3 is 9.47 Å². The highest BCUT2D eigenvalue weighted by atomic mass is 19.2. The van der Waals surface area contributed by atoms with Crippen molar-refractivity contribution >= 4 is 6.08 Å². The van der Waals surface area contributed by atoms with Gasteiger partial charge in [-0.2, -0.15) is 8.78 Å². The summed E-state index contributed by atoms with van der Waals surface area (Å²) in [7, 11) is 0. The van der Waals surface area contributed by atoms with Gasteiger partial charge in [0.25, 0.3) is 0 Å². The number of rotatable bonds is 9. The van der Waals surface area contributed by atoms with Crippen molar-refractivity contribution in [1.29, 1.82) is 0 Å². The lowest BCUT2D eigenvalue weighted by Gasteiger charge is -2.38. The first kappa shape index (κ1) is 25.7. The molecule has 35 heavy (non-hydrogen) atoms. The van der Waals surface area contributed by atoms with Crippen molar-refractivity contribution in [3.8, 4) is 11.5 Å². The van der Waals surface area contributed by atoms with E-state index in [1.54, 1.807) is 13.0 Å². The zero-order valence-electron chi connectivity index (χ0n) is 20.7. The van der Waals surface area contributed by atoms with Crippen molar-refractivity contribution in [1.82, 2.24) is 0 Å². The van der Waals surface area contributed by atoms with E-state index in [9.17, 15) is 13.2 Å². The van der Waals surface area contributed by atoms with E-state index in [1.165, 1.54) is 56.2 Å². The van der Waals surface area contributed by atoms with Gasteiger partial charge in [0.15, 0.2) is 11.5 Å². The summed E-state index contributed by atoms with van der Waals surface area (Å²) < 4.78 is 51.4. The molecule has 0 saturated heterocycles. The van der Waals surface area contributed by atoms with Gasteiger partial charge in [0.2, 0.25) is 11.6 Å². The van der Waals surface area contributed by atoms with Crippen LogP contribution in [-0.2, 0) is 0 Å². The Morgan fingerprint density at radius 1 is 0.771 bits per heavy atom. The summed E-state index contributed by atoms with van der Waals surface area (Å²) >= 11 is 0. The van der Waals surface area contributed by atoms with Gasteiger partial charge in [-0.15, -0.1) is 0 Å². The van der Waals surface area contributed by atoms with E-state index in [1.807, 2.05) is 6.08 Å². The third-order valence-electron chi connectivity index (χ3n) is 7.92. The SMILES string of the molecule is CCOc1ccc(OCC2CCC(C3CCC(c4ccc(/C=C/CF)cc4)CC3)CC2)c(F)c1F. The van der Waals surface area contributed by atoms with Gasteiger partial charge in [-0.05, 0) is 105 Å². The summed E-state index contributed by atoms with van der Waals surface area (Å²) in [4.78, 5) is 0. The van der Waals surface area contributed by atoms with Crippen molar-refractivity contribution < 1.29 is 22.6 Å². The lowest BCUT2D eigenvalue weighted by atomic mass is 9.68. The van der Waals surface area contributed by atoms with E-state index in [0.717, 1.165) is 30.2 Å². The number of benzene rings is 2. The molecule has 0 bridgehead atoms.